The van der Waals surface area contributed by atoms with Crippen LogP contribution < -0.4 is 4.90 Å². The summed E-state index contributed by atoms with van der Waals surface area (Å²) in [6.07, 6.45) is 0.743. The van der Waals surface area contributed by atoms with Crippen LogP contribution in [0, 0.1) is 6.92 Å². The standard InChI is InChI=1S/C31H29ClN4S/c1-22-20-27-30(33-28(34-31(27)37-22)21-23-8-4-2-5-9-23)36-18-16-35(17-19-36)29(24-10-6-3-7-11-24)25-12-14-26(32)15-13-25/h2-15,20,29H,16-19,21H2,1H3. The van der Waals surface area contributed by atoms with E-state index in [9.17, 15) is 0 Å². The number of thiophene rings is 1. The summed E-state index contributed by atoms with van der Waals surface area (Å²) in [6.45, 7) is 5.89. The number of aryl methyl sites for hydroxylation is 1. The van der Waals surface area contributed by atoms with Crippen LogP contribution in [-0.4, -0.2) is 41.0 Å². The lowest BCUT2D eigenvalue weighted by Gasteiger charge is -2.40. The molecule has 1 saturated heterocycles. The Kier molecular flexibility index (Phi) is 6.92. The van der Waals surface area contributed by atoms with Crippen molar-refractivity contribution in [3.8, 4) is 0 Å². The quantitative estimate of drug-likeness (QED) is 0.236. The maximum absolute atomic E-state index is 6.22. The maximum atomic E-state index is 6.22. The summed E-state index contributed by atoms with van der Waals surface area (Å²) < 4.78 is 0. The first-order valence-electron chi connectivity index (χ1n) is 12.7. The number of anilines is 1. The molecule has 0 radical (unpaired) electrons. The number of aromatic nitrogens is 2. The van der Waals surface area contributed by atoms with Crippen LogP contribution in [-0.2, 0) is 6.42 Å². The number of nitrogens with zero attached hydrogens (tertiary/aromatic N) is 4. The molecule has 5 aromatic rings. The maximum Gasteiger partial charge on any atom is 0.141 e. The van der Waals surface area contributed by atoms with Crippen molar-refractivity contribution >= 4 is 39.0 Å². The summed E-state index contributed by atoms with van der Waals surface area (Å²) >= 11 is 7.97. The van der Waals surface area contributed by atoms with Gasteiger partial charge in [0, 0.05) is 42.5 Å². The molecule has 1 unspecified atom stereocenters. The molecular weight excluding hydrogens is 496 g/mol. The van der Waals surface area contributed by atoms with Gasteiger partial charge in [-0.15, -0.1) is 11.3 Å². The largest absolute Gasteiger partial charge is 0.353 e. The van der Waals surface area contributed by atoms with Crippen LogP contribution in [0.5, 0.6) is 0 Å². The first kappa shape index (κ1) is 24.1. The third-order valence-corrected chi connectivity index (χ3v) is 8.22. The van der Waals surface area contributed by atoms with E-state index in [1.807, 2.05) is 18.2 Å². The van der Waals surface area contributed by atoms with E-state index in [0.717, 1.165) is 54.1 Å². The minimum absolute atomic E-state index is 0.197. The molecule has 0 saturated carbocycles. The summed E-state index contributed by atoms with van der Waals surface area (Å²) in [4.78, 5) is 17.4. The highest BCUT2D eigenvalue weighted by atomic mass is 35.5. The molecule has 186 valence electrons. The fraction of sp³-hybridized carbons (Fsp3) is 0.226. The molecule has 0 N–H and O–H groups in total. The van der Waals surface area contributed by atoms with Crippen molar-refractivity contribution in [2.45, 2.75) is 19.4 Å². The van der Waals surface area contributed by atoms with Gasteiger partial charge in [-0.2, -0.15) is 0 Å². The number of fused-ring (bicyclic) bond motifs is 1. The predicted molar refractivity (Wildman–Crippen MR) is 155 cm³/mol. The lowest BCUT2D eigenvalue weighted by molar-refractivity contribution is 0.212. The lowest BCUT2D eigenvalue weighted by atomic mass is 9.96. The van der Waals surface area contributed by atoms with E-state index in [-0.39, 0.29) is 6.04 Å². The number of hydrogen-bond acceptors (Lipinski definition) is 5. The highest BCUT2D eigenvalue weighted by Crippen LogP contribution is 2.34. The lowest BCUT2D eigenvalue weighted by Crippen LogP contribution is -2.48. The van der Waals surface area contributed by atoms with Crippen LogP contribution in [0.15, 0.2) is 91.0 Å². The molecule has 0 bridgehead atoms. The van der Waals surface area contributed by atoms with E-state index in [0.29, 0.717) is 0 Å². The molecule has 3 aromatic carbocycles. The second-order valence-corrected chi connectivity index (χ2v) is 11.3. The minimum Gasteiger partial charge on any atom is -0.353 e. The van der Waals surface area contributed by atoms with E-state index >= 15 is 0 Å². The normalized spacial score (nSPS) is 15.2. The molecule has 1 aliphatic heterocycles. The van der Waals surface area contributed by atoms with Crippen LogP contribution in [0.25, 0.3) is 10.2 Å². The Balaban J connectivity index is 1.28. The van der Waals surface area contributed by atoms with E-state index in [1.54, 1.807) is 11.3 Å². The molecule has 1 aliphatic rings. The molecule has 37 heavy (non-hydrogen) atoms. The van der Waals surface area contributed by atoms with Crippen molar-refractivity contribution in [3.63, 3.8) is 0 Å². The Morgan fingerprint density at radius 2 is 1.46 bits per heavy atom. The molecule has 6 heteroatoms. The molecule has 0 aliphatic carbocycles. The second-order valence-electron chi connectivity index (χ2n) is 9.59. The number of benzene rings is 3. The van der Waals surface area contributed by atoms with Gasteiger partial charge in [-0.1, -0.05) is 84.4 Å². The number of piperazine rings is 1. The first-order chi connectivity index (χ1) is 18.1. The van der Waals surface area contributed by atoms with Crippen LogP contribution in [0.2, 0.25) is 5.02 Å². The molecule has 1 atom stereocenters. The minimum atomic E-state index is 0.197. The van der Waals surface area contributed by atoms with Gasteiger partial charge < -0.3 is 4.90 Å². The molecule has 3 heterocycles. The molecule has 0 amide bonds. The molecule has 0 spiro atoms. The zero-order chi connectivity index (χ0) is 25.2. The smallest absolute Gasteiger partial charge is 0.141 e. The fourth-order valence-electron chi connectivity index (χ4n) is 5.25. The van der Waals surface area contributed by atoms with Gasteiger partial charge >= 0.3 is 0 Å². The number of hydrogen-bond donors (Lipinski definition) is 0. The Morgan fingerprint density at radius 3 is 2.16 bits per heavy atom. The topological polar surface area (TPSA) is 32.3 Å². The average molecular weight is 525 g/mol. The summed E-state index contributed by atoms with van der Waals surface area (Å²) in [5.41, 5.74) is 3.81. The average Bonchev–Trinajstić information content (AvgIpc) is 3.31. The van der Waals surface area contributed by atoms with Gasteiger partial charge in [0.05, 0.1) is 11.4 Å². The van der Waals surface area contributed by atoms with Crippen molar-refractivity contribution < 1.29 is 0 Å². The van der Waals surface area contributed by atoms with Crippen molar-refractivity contribution in [2.75, 3.05) is 31.1 Å². The van der Waals surface area contributed by atoms with Crippen LogP contribution in [0.4, 0.5) is 5.82 Å². The first-order valence-corrected chi connectivity index (χ1v) is 13.9. The van der Waals surface area contributed by atoms with E-state index in [2.05, 4.69) is 89.5 Å². The Labute approximate surface area is 227 Å². The number of halogens is 1. The summed E-state index contributed by atoms with van der Waals surface area (Å²) in [5.74, 6) is 1.96. The fourth-order valence-corrected chi connectivity index (χ4v) is 6.27. The molecule has 6 rings (SSSR count). The van der Waals surface area contributed by atoms with Crippen LogP contribution in [0.1, 0.15) is 33.4 Å². The Bertz CT molecular complexity index is 1480. The van der Waals surface area contributed by atoms with Crippen molar-refractivity contribution in [2.24, 2.45) is 0 Å². The van der Waals surface area contributed by atoms with Gasteiger partial charge in [0.2, 0.25) is 0 Å². The van der Waals surface area contributed by atoms with E-state index in [1.165, 1.54) is 27.0 Å². The third-order valence-electron chi connectivity index (χ3n) is 7.03. The number of rotatable bonds is 6. The van der Waals surface area contributed by atoms with Crippen molar-refractivity contribution in [3.05, 3.63) is 123 Å². The van der Waals surface area contributed by atoms with Crippen LogP contribution >= 0.6 is 22.9 Å². The van der Waals surface area contributed by atoms with Gasteiger partial charge in [0.15, 0.2) is 0 Å². The van der Waals surface area contributed by atoms with E-state index < -0.39 is 0 Å². The molecule has 4 nitrogen and oxygen atoms in total. The van der Waals surface area contributed by atoms with Crippen molar-refractivity contribution in [1.29, 1.82) is 0 Å². The SMILES string of the molecule is Cc1cc2c(N3CCN(C(c4ccccc4)c4ccc(Cl)cc4)CC3)nc(Cc3ccccc3)nc2s1. The highest BCUT2D eigenvalue weighted by molar-refractivity contribution is 7.18. The van der Waals surface area contributed by atoms with Crippen LogP contribution in [0.3, 0.4) is 0 Å². The molecule has 2 aromatic heterocycles. The second kappa shape index (κ2) is 10.6. The summed E-state index contributed by atoms with van der Waals surface area (Å²) in [6, 6.07) is 32.0. The Morgan fingerprint density at radius 1 is 0.811 bits per heavy atom. The zero-order valence-electron chi connectivity index (χ0n) is 20.8. The molecular formula is C31H29ClN4S. The van der Waals surface area contributed by atoms with E-state index in [4.69, 9.17) is 21.6 Å². The van der Waals surface area contributed by atoms with Gasteiger partial charge in [0.25, 0.3) is 0 Å². The van der Waals surface area contributed by atoms with Gasteiger partial charge in [-0.25, -0.2) is 9.97 Å². The van der Waals surface area contributed by atoms with Gasteiger partial charge in [-0.05, 0) is 41.8 Å². The van der Waals surface area contributed by atoms with Gasteiger partial charge in [-0.3, -0.25) is 4.90 Å². The Hall–Kier alpha value is -3.25. The van der Waals surface area contributed by atoms with Gasteiger partial charge in [0.1, 0.15) is 16.5 Å². The highest BCUT2D eigenvalue weighted by Gasteiger charge is 2.28. The third kappa shape index (κ3) is 5.26. The summed E-state index contributed by atoms with van der Waals surface area (Å²) in [7, 11) is 0. The van der Waals surface area contributed by atoms with Crippen molar-refractivity contribution in [1.82, 2.24) is 14.9 Å². The zero-order valence-corrected chi connectivity index (χ0v) is 22.4. The monoisotopic (exact) mass is 524 g/mol. The summed E-state index contributed by atoms with van der Waals surface area (Å²) in [5, 5.41) is 1.94. The molecule has 1 fully saturated rings. The predicted octanol–water partition coefficient (Wildman–Crippen LogP) is 7.16.